The highest BCUT2D eigenvalue weighted by molar-refractivity contribution is 5.75. The van der Waals surface area contributed by atoms with Crippen LogP contribution in [0.3, 0.4) is 0 Å². The monoisotopic (exact) mass is 231 g/mol. The summed E-state index contributed by atoms with van der Waals surface area (Å²) in [4.78, 5) is 4.38. The first-order valence-corrected chi connectivity index (χ1v) is 5.90. The summed E-state index contributed by atoms with van der Waals surface area (Å²) < 4.78 is 7.33. The molecule has 0 aliphatic carbocycles. The fraction of sp³-hybridized carbons (Fsp3) is 0.462. The number of rotatable bonds is 3. The lowest BCUT2D eigenvalue weighted by atomic mass is 9.80. The number of imidazole rings is 1. The second kappa shape index (κ2) is 3.82. The van der Waals surface area contributed by atoms with Crippen molar-refractivity contribution < 1.29 is 4.74 Å². The predicted molar refractivity (Wildman–Crippen MR) is 66.7 cm³/mol. The van der Waals surface area contributed by atoms with Crippen LogP contribution < -0.4 is 5.73 Å². The van der Waals surface area contributed by atoms with Crippen molar-refractivity contribution in [2.45, 2.75) is 6.42 Å². The molecule has 0 spiro atoms. The lowest BCUT2D eigenvalue weighted by Gasteiger charge is -2.40. The third kappa shape index (κ3) is 1.73. The van der Waals surface area contributed by atoms with Crippen LogP contribution in [0, 0.1) is 5.41 Å². The molecule has 1 aliphatic heterocycles. The van der Waals surface area contributed by atoms with E-state index in [4.69, 9.17) is 10.5 Å². The maximum Gasteiger partial charge on any atom is 0.0955 e. The summed E-state index contributed by atoms with van der Waals surface area (Å²) >= 11 is 0. The Labute approximate surface area is 100 Å². The van der Waals surface area contributed by atoms with Crippen LogP contribution in [0.4, 0.5) is 0 Å². The van der Waals surface area contributed by atoms with Crippen LogP contribution in [0.5, 0.6) is 0 Å². The standard InChI is InChI=1S/C13H17N3O/c1-16-9-15-11-4-10(2-3-12(11)16)5-13(6-14)7-17-8-13/h2-4,9H,5-8,14H2,1H3. The van der Waals surface area contributed by atoms with Gasteiger partial charge in [-0.25, -0.2) is 4.98 Å². The lowest BCUT2D eigenvalue weighted by Crippen LogP contribution is -2.49. The Hall–Kier alpha value is -1.39. The summed E-state index contributed by atoms with van der Waals surface area (Å²) in [5.74, 6) is 0. The van der Waals surface area contributed by atoms with Gasteiger partial charge in [-0.2, -0.15) is 0 Å². The molecule has 1 aromatic carbocycles. The van der Waals surface area contributed by atoms with Crippen LogP contribution in [0.1, 0.15) is 5.56 Å². The number of aromatic nitrogens is 2. The molecule has 0 unspecified atom stereocenters. The van der Waals surface area contributed by atoms with Crippen molar-refractivity contribution in [1.29, 1.82) is 0 Å². The molecule has 1 aromatic heterocycles. The van der Waals surface area contributed by atoms with Crippen molar-refractivity contribution in [3.05, 3.63) is 30.1 Å². The quantitative estimate of drug-likeness (QED) is 0.860. The summed E-state index contributed by atoms with van der Waals surface area (Å²) in [5.41, 5.74) is 9.51. The van der Waals surface area contributed by atoms with Gasteiger partial charge in [0.15, 0.2) is 0 Å². The van der Waals surface area contributed by atoms with E-state index in [0.29, 0.717) is 6.54 Å². The molecule has 2 aromatic rings. The van der Waals surface area contributed by atoms with Gasteiger partial charge in [-0.05, 0) is 24.1 Å². The van der Waals surface area contributed by atoms with E-state index in [1.165, 1.54) is 11.1 Å². The largest absolute Gasteiger partial charge is 0.380 e. The van der Waals surface area contributed by atoms with Crippen molar-refractivity contribution in [1.82, 2.24) is 9.55 Å². The lowest BCUT2D eigenvalue weighted by molar-refractivity contribution is -0.106. The fourth-order valence-corrected chi connectivity index (χ4v) is 2.41. The molecule has 90 valence electrons. The molecular formula is C13H17N3O. The second-order valence-electron chi connectivity index (χ2n) is 5.05. The Kier molecular flexibility index (Phi) is 2.42. The molecule has 0 radical (unpaired) electrons. The zero-order valence-corrected chi connectivity index (χ0v) is 10.0. The molecule has 0 atom stereocenters. The number of fused-ring (bicyclic) bond motifs is 1. The SMILES string of the molecule is Cn1cnc2cc(CC3(CN)COC3)ccc21. The number of nitrogens with zero attached hydrogens (tertiary/aromatic N) is 2. The van der Waals surface area contributed by atoms with Crippen molar-refractivity contribution >= 4 is 11.0 Å². The predicted octanol–water partition coefficient (Wildman–Crippen LogP) is 1.09. The molecule has 0 bridgehead atoms. The molecule has 1 saturated heterocycles. The summed E-state index contributed by atoms with van der Waals surface area (Å²) in [6, 6.07) is 6.45. The first-order valence-electron chi connectivity index (χ1n) is 5.90. The zero-order valence-electron chi connectivity index (χ0n) is 10.0. The zero-order chi connectivity index (χ0) is 11.9. The average Bonchev–Trinajstić information content (AvgIpc) is 2.65. The maximum atomic E-state index is 5.83. The van der Waals surface area contributed by atoms with E-state index in [9.17, 15) is 0 Å². The number of hydrogen-bond donors (Lipinski definition) is 1. The fourth-order valence-electron chi connectivity index (χ4n) is 2.41. The van der Waals surface area contributed by atoms with E-state index in [2.05, 4.69) is 23.2 Å². The third-order valence-electron chi connectivity index (χ3n) is 3.62. The summed E-state index contributed by atoms with van der Waals surface area (Å²) in [5, 5.41) is 0. The van der Waals surface area contributed by atoms with Gasteiger partial charge >= 0.3 is 0 Å². The van der Waals surface area contributed by atoms with Crippen LogP contribution in [0.2, 0.25) is 0 Å². The first kappa shape index (κ1) is 10.7. The molecule has 4 nitrogen and oxygen atoms in total. The number of nitrogens with two attached hydrogens (primary N) is 1. The molecule has 3 rings (SSSR count). The second-order valence-corrected chi connectivity index (χ2v) is 5.05. The molecule has 1 aliphatic rings. The van der Waals surface area contributed by atoms with Crippen LogP contribution in [0.25, 0.3) is 11.0 Å². The molecule has 0 amide bonds. The van der Waals surface area contributed by atoms with Gasteiger partial charge in [-0.15, -0.1) is 0 Å². The van der Waals surface area contributed by atoms with Crippen LogP contribution in [-0.2, 0) is 18.2 Å². The molecule has 0 saturated carbocycles. The van der Waals surface area contributed by atoms with Gasteiger partial charge in [-0.1, -0.05) is 6.07 Å². The van der Waals surface area contributed by atoms with Crippen molar-refractivity contribution in [2.24, 2.45) is 18.2 Å². The maximum absolute atomic E-state index is 5.83. The highest BCUT2D eigenvalue weighted by Crippen LogP contribution is 2.31. The highest BCUT2D eigenvalue weighted by Gasteiger charge is 2.37. The highest BCUT2D eigenvalue weighted by atomic mass is 16.5. The Bertz CT molecular complexity index is 537. The Balaban J connectivity index is 1.90. The van der Waals surface area contributed by atoms with Crippen molar-refractivity contribution in [2.75, 3.05) is 19.8 Å². The molecule has 1 fully saturated rings. The van der Waals surface area contributed by atoms with Crippen molar-refractivity contribution in [3.8, 4) is 0 Å². The van der Waals surface area contributed by atoms with Gasteiger partial charge in [0.05, 0.1) is 30.6 Å². The molecule has 2 heterocycles. The number of benzene rings is 1. The smallest absolute Gasteiger partial charge is 0.0955 e. The summed E-state index contributed by atoms with van der Waals surface area (Å²) in [6.45, 7) is 2.25. The minimum atomic E-state index is 0.155. The van der Waals surface area contributed by atoms with E-state index in [0.717, 1.165) is 25.2 Å². The van der Waals surface area contributed by atoms with Crippen molar-refractivity contribution in [3.63, 3.8) is 0 Å². The van der Waals surface area contributed by atoms with Crippen LogP contribution in [-0.4, -0.2) is 29.3 Å². The van der Waals surface area contributed by atoms with Gasteiger partial charge in [0, 0.05) is 19.0 Å². The normalized spacial score (nSPS) is 18.2. The van der Waals surface area contributed by atoms with E-state index in [-0.39, 0.29) is 5.41 Å². The summed E-state index contributed by atoms with van der Waals surface area (Å²) in [7, 11) is 2.01. The molecule has 2 N–H and O–H groups in total. The van der Waals surface area contributed by atoms with Gasteiger partial charge in [-0.3, -0.25) is 0 Å². The van der Waals surface area contributed by atoms with E-state index >= 15 is 0 Å². The van der Waals surface area contributed by atoms with Crippen LogP contribution in [0.15, 0.2) is 24.5 Å². The topological polar surface area (TPSA) is 53.1 Å². The molecule has 4 heteroatoms. The summed E-state index contributed by atoms with van der Waals surface area (Å²) in [6.07, 6.45) is 2.83. The van der Waals surface area contributed by atoms with E-state index in [1.54, 1.807) is 0 Å². The van der Waals surface area contributed by atoms with Gasteiger partial charge in [0.1, 0.15) is 0 Å². The van der Waals surface area contributed by atoms with Crippen LogP contribution >= 0.6 is 0 Å². The number of aryl methyl sites for hydroxylation is 1. The number of ether oxygens (including phenoxy) is 1. The number of hydrogen-bond acceptors (Lipinski definition) is 3. The molecular weight excluding hydrogens is 214 g/mol. The average molecular weight is 231 g/mol. The van der Waals surface area contributed by atoms with Gasteiger partial charge < -0.3 is 15.0 Å². The third-order valence-corrected chi connectivity index (χ3v) is 3.62. The minimum absolute atomic E-state index is 0.155. The van der Waals surface area contributed by atoms with E-state index < -0.39 is 0 Å². The minimum Gasteiger partial charge on any atom is -0.380 e. The Morgan fingerprint density at radius 3 is 2.94 bits per heavy atom. The Morgan fingerprint density at radius 2 is 2.29 bits per heavy atom. The van der Waals surface area contributed by atoms with Gasteiger partial charge in [0.2, 0.25) is 0 Å². The first-order chi connectivity index (χ1) is 8.22. The molecule has 17 heavy (non-hydrogen) atoms. The van der Waals surface area contributed by atoms with E-state index in [1.807, 2.05) is 17.9 Å². The van der Waals surface area contributed by atoms with Gasteiger partial charge in [0.25, 0.3) is 0 Å². The Morgan fingerprint density at radius 1 is 1.47 bits per heavy atom.